The Hall–Kier alpha value is -1.10. The second-order valence-corrected chi connectivity index (χ2v) is 5.66. The fraction of sp³-hybridized carbons (Fsp3) is 0.636. The van der Waals surface area contributed by atoms with E-state index in [1.807, 2.05) is 0 Å². The van der Waals surface area contributed by atoms with Crippen LogP contribution in [0.15, 0.2) is 10.2 Å². The highest BCUT2D eigenvalue weighted by Gasteiger charge is 2.47. The van der Waals surface area contributed by atoms with Crippen molar-refractivity contribution in [2.45, 2.75) is 25.8 Å². The number of nitrogens with one attached hydrogen (secondary N) is 2. The molecule has 0 spiro atoms. The topological polar surface area (TPSA) is 62.0 Å². The average molecular weight is 238 g/mol. The molecule has 1 aromatic rings. The molecule has 1 heterocycles. The van der Waals surface area contributed by atoms with Gasteiger partial charge < -0.3 is 10.3 Å². The van der Waals surface area contributed by atoms with Gasteiger partial charge in [0.1, 0.15) is 0 Å². The summed E-state index contributed by atoms with van der Waals surface area (Å²) >= 11 is 1.13. The first-order valence-corrected chi connectivity index (χ1v) is 6.55. The zero-order valence-corrected chi connectivity index (χ0v) is 9.68. The molecule has 2 aliphatic rings. The molecular weight excluding hydrogens is 224 g/mol. The molecule has 2 aliphatic carbocycles. The van der Waals surface area contributed by atoms with Crippen LogP contribution >= 0.6 is 11.3 Å². The molecule has 2 fully saturated rings. The van der Waals surface area contributed by atoms with Crippen molar-refractivity contribution in [2.24, 2.45) is 17.8 Å². The number of hydrogen-bond donors (Lipinski definition) is 2. The van der Waals surface area contributed by atoms with E-state index < -0.39 is 0 Å². The predicted molar refractivity (Wildman–Crippen MR) is 61.1 cm³/mol. The van der Waals surface area contributed by atoms with Crippen molar-refractivity contribution in [2.75, 3.05) is 0 Å². The Morgan fingerprint density at radius 3 is 2.81 bits per heavy atom. The van der Waals surface area contributed by atoms with Gasteiger partial charge in [-0.1, -0.05) is 11.3 Å². The summed E-state index contributed by atoms with van der Waals surface area (Å²) in [5.74, 6) is 2.03. The van der Waals surface area contributed by atoms with Gasteiger partial charge in [-0.15, -0.1) is 0 Å². The molecule has 0 bridgehead atoms. The second-order valence-electron chi connectivity index (χ2n) is 4.82. The van der Waals surface area contributed by atoms with E-state index in [9.17, 15) is 9.59 Å². The number of thiazole rings is 1. The van der Waals surface area contributed by atoms with Gasteiger partial charge in [-0.3, -0.25) is 9.59 Å². The lowest BCUT2D eigenvalue weighted by molar-refractivity contribution is -0.125. The van der Waals surface area contributed by atoms with Crippen molar-refractivity contribution in [3.63, 3.8) is 0 Å². The van der Waals surface area contributed by atoms with E-state index in [0.29, 0.717) is 6.54 Å². The molecule has 0 radical (unpaired) electrons. The molecule has 5 heteroatoms. The zero-order valence-electron chi connectivity index (χ0n) is 8.86. The van der Waals surface area contributed by atoms with Gasteiger partial charge >= 0.3 is 4.87 Å². The maximum atomic E-state index is 11.8. The van der Waals surface area contributed by atoms with Crippen LogP contribution in [0, 0.1) is 17.8 Å². The van der Waals surface area contributed by atoms with Crippen molar-refractivity contribution in [1.29, 1.82) is 0 Å². The van der Waals surface area contributed by atoms with Gasteiger partial charge in [0.05, 0.1) is 6.54 Å². The second kappa shape index (κ2) is 3.73. The van der Waals surface area contributed by atoms with Gasteiger partial charge in [0.2, 0.25) is 5.91 Å². The number of aromatic nitrogens is 1. The first-order chi connectivity index (χ1) is 7.72. The van der Waals surface area contributed by atoms with E-state index in [4.69, 9.17) is 0 Å². The van der Waals surface area contributed by atoms with Gasteiger partial charge in [0, 0.05) is 17.0 Å². The third-order valence-corrected chi connectivity index (χ3v) is 4.36. The van der Waals surface area contributed by atoms with Crippen LogP contribution < -0.4 is 10.2 Å². The first-order valence-electron chi connectivity index (χ1n) is 5.67. The fourth-order valence-electron chi connectivity index (χ4n) is 2.66. The molecule has 2 saturated carbocycles. The molecule has 0 saturated heterocycles. The molecule has 86 valence electrons. The van der Waals surface area contributed by atoms with Crippen LogP contribution in [-0.2, 0) is 11.3 Å². The standard InChI is InChI=1S/C11H14N2O2S/c14-10(8-2-6-1-7(6)3-8)12-4-9-5-16-11(15)13-9/h5-8H,1-4H2,(H,12,14)(H,13,15). The largest absolute Gasteiger partial charge is 0.350 e. The van der Waals surface area contributed by atoms with Crippen LogP contribution in [0.4, 0.5) is 0 Å². The van der Waals surface area contributed by atoms with E-state index >= 15 is 0 Å². The van der Waals surface area contributed by atoms with E-state index in [2.05, 4.69) is 10.3 Å². The Kier molecular flexibility index (Phi) is 2.35. The number of amides is 1. The predicted octanol–water partition coefficient (Wildman–Crippen LogP) is 1.10. The summed E-state index contributed by atoms with van der Waals surface area (Å²) in [6, 6.07) is 0. The quantitative estimate of drug-likeness (QED) is 0.828. The van der Waals surface area contributed by atoms with Crippen LogP contribution in [0.2, 0.25) is 0 Å². The lowest BCUT2D eigenvalue weighted by Gasteiger charge is -2.11. The van der Waals surface area contributed by atoms with Crippen LogP contribution in [0.1, 0.15) is 25.0 Å². The molecular formula is C11H14N2O2S. The lowest BCUT2D eigenvalue weighted by atomic mass is 10.0. The molecule has 2 atom stereocenters. The van der Waals surface area contributed by atoms with Gasteiger partial charge in [0.15, 0.2) is 0 Å². The van der Waals surface area contributed by atoms with Gasteiger partial charge in [-0.2, -0.15) is 0 Å². The Labute approximate surface area is 97.1 Å². The van der Waals surface area contributed by atoms with Crippen molar-refractivity contribution in [3.05, 3.63) is 20.7 Å². The molecule has 16 heavy (non-hydrogen) atoms. The van der Waals surface area contributed by atoms with Crippen molar-refractivity contribution in [1.82, 2.24) is 10.3 Å². The molecule has 0 aromatic carbocycles. The number of fused-ring (bicyclic) bond motifs is 1. The van der Waals surface area contributed by atoms with E-state index in [0.717, 1.165) is 41.7 Å². The SMILES string of the molecule is O=C(NCc1csc(=O)[nH]1)C1CC2CC2C1. The highest BCUT2D eigenvalue weighted by Crippen LogP contribution is 2.54. The van der Waals surface area contributed by atoms with E-state index in [-0.39, 0.29) is 16.7 Å². The summed E-state index contributed by atoms with van der Waals surface area (Å²) in [6.07, 6.45) is 3.47. The van der Waals surface area contributed by atoms with Gasteiger partial charge in [-0.05, 0) is 31.1 Å². The third kappa shape index (κ3) is 1.91. The maximum Gasteiger partial charge on any atom is 0.304 e. The van der Waals surface area contributed by atoms with Crippen molar-refractivity contribution >= 4 is 17.2 Å². The maximum absolute atomic E-state index is 11.8. The first kappa shape index (κ1) is 10.1. The summed E-state index contributed by atoms with van der Waals surface area (Å²) in [5.41, 5.74) is 0.798. The number of aromatic amines is 1. The minimum atomic E-state index is -0.0636. The smallest absolute Gasteiger partial charge is 0.304 e. The van der Waals surface area contributed by atoms with E-state index in [1.165, 1.54) is 6.42 Å². The Balaban J connectivity index is 1.51. The summed E-state index contributed by atoms with van der Waals surface area (Å²) in [4.78, 5) is 25.3. The Morgan fingerprint density at radius 1 is 1.44 bits per heavy atom. The highest BCUT2D eigenvalue weighted by atomic mass is 32.1. The van der Waals surface area contributed by atoms with Crippen molar-refractivity contribution in [3.8, 4) is 0 Å². The molecule has 0 aliphatic heterocycles. The minimum absolute atomic E-state index is 0.0636. The summed E-state index contributed by atoms with van der Waals surface area (Å²) in [7, 11) is 0. The van der Waals surface area contributed by atoms with Crippen LogP contribution in [0.3, 0.4) is 0 Å². The molecule has 1 amide bonds. The number of hydrogen-bond acceptors (Lipinski definition) is 3. The third-order valence-electron chi connectivity index (χ3n) is 3.64. The molecule has 4 nitrogen and oxygen atoms in total. The number of carbonyl (C=O) groups is 1. The Morgan fingerprint density at radius 2 is 2.19 bits per heavy atom. The van der Waals surface area contributed by atoms with E-state index in [1.54, 1.807) is 5.38 Å². The van der Waals surface area contributed by atoms with Crippen LogP contribution in [0.25, 0.3) is 0 Å². The average Bonchev–Trinajstić information content (AvgIpc) is 2.71. The normalized spacial score (nSPS) is 31.1. The zero-order chi connectivity index (χ0) is 11.1. The Bertz CT molecular complexity index is 455. The van der Waals surface area contributed by atoms with Crippen LogP contribution in [-0.4, -0.2) is 10.9 Å². The summed E-state index contributed by atoms with van der Waals surface area (Å²) in [5, 5.41) is 4.65. The molecule has 3 rings (SSSR count). The fourth-order valence-corrected chi connectivity index (χ4v) is 3.24. The lowest BCUT2D eigenvalue weighted by Crippen LogP contribution is -2.29. The summed E-state index contributed by atoms with van der Waals surface area (Å²) in [6.45, 7) is 0.448. The monoisotopic (exact) mass is 238 g/mol. The number of carbonyl (C=O) groups excluding carboxylic acids is 1. The number of rotatable bonds is 3. The number of H-pyrrole nitrogens is 1. The van der Waals surface area contributed by atoms with Gasteiger partial charge in [0.25, 0.3) is 0 Å². The molecule has 2 N–H and O–H groups in total. The minimum Gasteiger partial charge on any atom is -0.350 e. The van der Waals surface area contributed by atoms with Crippen LogP contribution in [0.5, 0.6) is 0 Å². The molecule has 1 aromatic heterocycles. The highest BCUT2D eigenvalue weighted by molar-refractivity contribution is 7.07. The molecule has 2 unspecified atom stereocenters. The van der Waals surface area contributed by atoms with Gasteiger partial charge in [-0.25, -0.2) is 0 Å². The summed E-state index contributed by atoms with van der Waals surface area (Å²) < 4.78 is 0. The van der Waals surface area contributed by atoms with Crippen molar-refractivity contribution < 1.29 is 4.79 Å².